The molecule has 0 bridgehead atoms. The van der Waals surface area contributed by atoms with E-state index < -0.39 is 23.3 Å². The topological polar surface area (TPSA) is 75.7 Å². The Morgan fingerprint density at radius 1 is 1.20 bits per heavy atom. The van der Waals surface area contributed by atoms with E-state index in [1.807, 2.05) is 0 Å². The first-order chi connectivity index (χ1) is 9.37. The van der Waals surface area contributed by atoms with E-state index in [-0.39, 0.29) is 6.54 Å². The summed E-state index contributed by atoms with van der Waals surface area (Å²) in [5, 5.41) is 2.19. The zero-order valence-corrected chi connectivity index (χ0v) is 11.6. The molecule has 6 heteroatoms. The van der Waals surface area contributed by atoms with Gasteiger partial charge in [-0.3, -0.25) is 19.8 Å². The van der Waals surface area contributed by atoms with Crippen LogP contribution in [0.1, 0.15) is 19.4 Å². The molecule has 1 aromatic carbocycles. The largest absolute Gasteiger partial charge is 0.496 e. The summed E-state index contributed by atoms with van der Waals surface area (Å²) >= 11 is 0. The number of hydrogen-bond donors (Lipinski definition) is 1. The number of amides is 4. The molecule has 2 rings (SSSR count). The molecule has 0 spiro atoms. The lowest BCUT2D eigenvalue weighted by molar-refractivity contribution is -0.149. The van der Waals surface area contributed by atoms with Crippen molar-refractivity contribution >= 4 is 17.8 Å². The molecule has 0 unspecified atom stereocenters. The zero-order chi connectivity index (χ0) is 14.9. The van der Waals surface area contributed by atoms with Crippen LogP contribution in [0, 0.1) is 5.41 Å². The molecule has 6 nitrogen and oxygen atoms in total. The van der Waals surface area contributed by atoms with Crippen LogP contribution in [0.2, 0.25) is 0 Å². The molecule has 1 aliphatic heterocycles. The lowest BCUT2D eigenvalue weighted by Crippen LogP contribution is -2.61. The van der Waals surface area contributed by atoms with Gasteiger partial charge < -0.3 is 4.74 Å². The van der Waals surface area contributed by atoms with Crippen molar-refractivity contribution in [3.63, 3.8) is 0 Å². The van der Waals surface area contributed by atoms with Gasteiger partial charge in [-0.25, -0.2) is 4.79 Å². The van der Waals surface area contributed by atoms with Gasteiger partial charge in [-0.15, -0.1) is 0 Å². The second kappa shape index (κ2) is 4.96. The van der Waals surface area contributed by atoms with Crippen LogP contribution in [0.4, 0.5) is 4.79 Å². The number of carbonyl (C=O) groups excluding carboxylic acids is 3. The maximum atomic E-state index is 12.3. The Labute approximate surface area is 116 Å². The molecular formula is C14H16N2O4. The molecular weight excluding hydrogens is 260 g/mol. The fourth-order valence-corrected chi connectivity index (χ4v) is 2.00. The number of methoxy groups -OCH3 is 1. The fraction of sp³-hybridized carbons (Fsp3) is 0.357. The summed E-state index contributed by atoms with van der Waals surface area (Å²) in [6.07, 6.45) is 0. The average Bonchev–Trinajstić information content (AvgIpc) is 2.42. The number of para-hydroxylation sites is 1. The number of urea groups is 1. The van der Waals surface area contributed by atoms with Gasteiger partial charge in [0.1, 0.15) is 11.2 Å². The summed E-state index contributed by atoms with van der Waals surface area (Å²) in [5.74, 6) is -0.510. The molecule has 106 valence electrons. The summed E-state index contributed by atoms with van der Waals surface area (Å²) in [4.78, 5) is 36.8. The highest BCUT2D eigenvalue weighted by atomic mass is 16.5. The molecule has 0 saturated carbocycles. The summed E-state index contributed by atoms with van der Waals surface area (Å²) in [6, 6.07) is 6.40. The van der Waals surface area contributed by atoms with Crippen LogP contribution in [0.15, 0.2) is 24.3 Å². The molecule has 0 aliphatic carbocycles. The molecule has 20 heavy (non-hydrogen) atoms. The monoisotopic (exact) mass is 276 g/mol. The van der Waals surface area contributed by atoms with Crippen molar-refractivity contribution in [1.29, 1.82) is 0 Å². The first-order valence-corrected chi connectivity index (χ1v) is 6.17. The number of nitrogens with zero attached hydrogens (tertiary/aromatic N) is 1. The minimum Gasteiger partial charge on any atom is -0.496 e. The summed E-state index contributed by atoms with van der Waals surface area (Å²) < 4.78 is 5.19. The van der Waals surface area contributed by atoms with Gasteiger partial charge in [0.15, 0.2) is 0 Å². The van der Waals surface area contributed by atoms with E-state index >= 15 is 0 Å². The molecule has 0 atom stereocenters. The maximum Gasteiger partial charge on any atom is 0.331 e. The van der Waals surface area contributed by atoms with Gasteiger partial charge in [0.2, 0.25) is 11.8 Å². The van der Waals surface area contributed by atoms with Crippen molar-refractivity contribution in [2.45, 2.75) is 20.4 Å². The van der Waals surface area contributed by atoms with Crippen LogP contribution < -0.4 is 10.1 Å². The van der Waals surface area contributed by atoms with Crippen LogP contribution in [-0.4, -0.2) is 29.9 Å². The van der Waals surface area contributed by atoms with Gasteiger partial charge in [0.25, 0.3) is 0 Å². The van der Waals surface area contributed by atoms with Crippen LogP contribution in [0.3, 0.4) is 0 Å². The Hall–Kier alpha value is -2.37. The number of benzene rings is 1. The number of ether oxygens (including phenoxy) is 1. The van der Waals surface area contributed by atoms with Gasteiger partial charge in [-0.2, -0.15) is 0 Å². The first kappa shape index (κ1) is 14.0. The van der Waals surface area contributed by atoms with Crippen molar-refractivity contribution < 1.29 is 19.1 Å². The SMILES string of the molecule is COc1ccccc1CN1C(=O)NC(=O)C(C)(C)C1=O. The quantitative estimate of drug-likeness (QED) is 0.844. The number of rotatable bonds is 3. The van der Waals surface area contributed by atoms with Crippen molar-refractivity contribution in [2.75, 3.05) is 7.11 Å². The third-order valence-corrected chi connectivity index (χ3v) is 3.33. The Morgan fingerprint density at radius 3 is 2.50 bits per heavy atom. The molecule has 0 aromatic heterocycles. The third kappa shape index (κ3) is 2.24. The minimum absolute atomic E-state index is 0.0609. The molecule has 1 saturated heterocycles. The van der Waals surface area contributed by atoms with E-state index in [1.54, 1.807) is 24.3 Å². The number of imide groups is 2. The predicted octanol–water partition coefficient (Wildman–Crippen LogP) is 1.30. The fourth-order valence-electron chi connectivity index (χ4n) is 2.00. The third-order valence-electron chi connectivity index (χ3n) is 3.33. The van der Waals surface area contributed by atoms with Crippen molar-refractivity contribution in [3.05, 3.63) is 29.8 Å². The van der Waals surface area contributed by atoms with E-state index in [0.29, 0.717) is 11.3 Å². The van der Waals surface area contributed by atoms with Crippen LogP contribution in [-0.2, 0) is 16.1 Å². The lowest BCUT2D eigenvalue weighted by atomic mass is 9.88. The lowest BCUT2D eigenvalue weighted by Gasteiger charge is -2.34. The molecule has 1 N–H and O–H groups in total. The van der Waals surface area contributed by atoms with Crippen LogP contribution in [0.25, 0.3) is 0 Å². The maximum absolute atomic E-state index is 12.3. The summed E-state index contributed by atoms with van der Waals surface area (Å²) in [5.41, 5.74) is -0.556. The highest BCUT2D eigenvalue weighted by molar-refractivity contribution is 6.18. The van der Waals surface area contributed by atoms with E-state index in [9.17, 15) is 14.4 Å². The second-order valence-corrected chi connectivity index (χ2v) is 5.09. The van der Waals surface area contributed by atoms with Gasteiger partial charge in [-0.05, 0) is 19.9 Å². The van der Waals surface area contributed by atoms with E-state index in [1.165, 1.54) is 21.0 Å². The number of hydrogen-bond acceptors (Lipinski definition) is 4. The molecule has 0 radical (unpaired) electrons. The molecule has 1 aliphatic rings. The Balaban J connectivity index is 2.30. The minimum atomic E-state index is -1.25. The van der Waals surface area contributed by atoms with Crippen molar-refractivity contribution in [3.8, 4) is 5.75 Å². The Kier molecular flexibility index (Phi) is 3.48. The predicted molar refractivity (Wildman–Crippen MR) is 70.9 cm³/mol. The molecule has 1 aromatic rings. The number of barbiturate groups is 1. The van der Waals surface area contributed by atoms with Crippen LogP contribution in [0.5, 0.6) is 5.75 Å². The molecule has 4 amide bonds. The smallest absolute Gasteiger partial charge is 0.331 e. The van der Waals surface area contributed by atoms with Gasteiger partial charge in [0, 0.05) is 5.56 Å². The molecule has 1 heterocycles. The Bertz CT molecular complexity index is 580. The Morgan fingerprint density at radius 2 is 1.85 bits per heavy atom. The number of nitrogens with one attached hydrogen (secondary N) is 1. The highest BCUT2D eigenvalue weighted by Gasteiger charge is 2.46. The van der Waals surface area contributed by atoms with Crippen LogP contribution >= 0.6 is 0 Å². The van der Waals surface area contributed by atoms with E-state index in [4.69, 9.17) is 4.74 Å². The standard InChI is InChI=1S/C14H16N2O4/c1-14(2)11(17)15-13(19)16(12(14)18)8-9-6-4-5-7-10(9)20-3/h4-7H,8H2,1-3H3,(H,15,17,19). The van der Waals surface area contributed by atoms with E-state index in [2.05, 4.69) is 5.32 Å². The number of carbonyl (C=O) groups is 3. The zero-order valence-electron chi connectivity index (χ0n) is 11.6. The van der Waals surface area contributed by atoms with Crippen molar-refractivity contribution in [1.82, 2.24) is 10.2 Å². The summed E-state index contributed by atoms with van der Waals surface area (Å²) in [7, 11) is 1.52. The van der Waals surface area contributed by atoms with Gasteiger partial charge >= 0.3 is 6.03 Å². The normalized spacial score (nSPS) is 17.9. The second-order valence-electron chi connectivity index (χ2n) is 5.09. The average molecular weight is 276 g/mol. The van der Waals surface area contributed by atoms with Crippen molar-refractivity contribution in [2.24, 2.45) is 5.41 Å². The first-order valence-electron chi connectivity index (χ1n) is 6.17. The summed E-state index contributed by atoms with van der Waals surface area (Å²) in [6.45, 7) is 3.05. The highest BCUT2D eigenvalue weighted by Crippen LogP contribution is 2.27. The molecule has 1 fully saturated rings. The van der Waals surface area contributed by atoms with E-state index in [0.717, 1.165) is 4.90 Å². The van der Waals surface area contributed by atoms with Gasteiger partial charge in [0.05, 0.1) is 13.7 Å². The van der Waals surface area contributed by atoms with Gasteiger partial charge in [-0.1, -0.05) is 18.2 Å².